The number of carboxylic acids is 1. The summed E-state index contributed by atoms with van der Waals surface area (Å²) in [4.78, 5) is 38.4. The fourth-order valence-corrected chi connectivity index (χ4v) is 4.40. The van der Waals surface area contributed by atoms with Crippen LogP contribution in [0.5, 0.6) is 0 Å². The number of rotatable bonds is 8. The lowest BCUT2D eigenvalue weighted by Gasteiger charge is -2.18. The van der Waals surface area contributed by atoms with Gasteiger partial charge < -0.3 is 20.5 Å². The van der Waals surface area contributed by atoms with Crippen LogP contribution in [0.1, 0.15) is 32.5 Å². The Balaban J connectivity index is 1.28. The maximum Gasteiger partial charge on any atom is 0.407 e. The minimum Gasteiger partial charge on any atom is -0.476 e. The molecule has 4 rings (SSSR count). The summed E-state index contributed by atoms with van der Waals surface area (Å²) >= 11 is 0.916. The largest absolute Gasteiger partial charge is 0.476 e. The van der Waals surface area contributed by atoms with Crippen LogP contribution < -0.4 is 10.6 Å². The van der Waals surface area contributed by atoms with Gasteiger partial charge in [0.15, 0.2) is 5.69 Å². The van der Waals surface area contributed by atoms with Gasteiger partial charge in [0.05, 0.1) is 13.1 Å². The van der Waals surface area contributed by atoms with Crippen LogP contribution in [0.15, 0.2) is 53.9 Å². The molecule has 0 spiro atoms. The fraction of sp³-hybridized carbons (Fsp3) is 0.217. The Hall–Kier alpha value is -3.86. The number of aromatic nitrogens is 1. The molecule has 0 bridgehead atoms. The van der Waals surface area contributed by atoms with Crippen LogP contribution in [0.2, 0.25) is 0 Å². The van der Waals surface area contributed by atoms with E-state index in [2.05, 4.69) is 4.98 Å². The van der Waals surface area contributed by atoms with Crippen molar-refractivity contribution < 1.29 is 33.0 Å². The average Bonchev–Trinajstić information content (AvgIpc) is 3.43. The van der Waals surface area contributed by atoms with E-state index in [1.807, 2.05) is 59.2 Å². The number of carbonyl (C=O) groups excluding carboxylic acids is 2. The molecule has 1 aliphatic rings. The van der Waals surface area contributed by atoms with Crippen LogP contribution in [-0.2, 0) is 16.1 Å². The van der Waals surface area contributed by atoms with Crippen molar-refractivity contribution in [1.82, 2.24) is 15.6 Å². The first kappa shape index (κ1) is 23.3. The molecule has 3 N–H and O–H groups in total. The first-order valence-electron chi connectivity index (χ1n) is 10.2. The fourth-order valence-electron chi connectivity index (χ4n) is 3.69. The highest BCUT2D eigenvalue weighted by Crippen LogP contribution is 2.44. The van der Waals surface area contributed by atoms with E-state index in [4.69, 9.17) is 9.84 Å². The highest BCUT2D eigenvalue weighted by molar-refractivity contribution is 7.09. The van der Waals surface area contributed by atoms with Crippen LogP contribution in [0.3, 0.4) is 0 Å². The minimum absolute atomic E-state index is 0.0480. The molecule has 0 fully saturated rings. The van der Waals surface area contributed by atoms with Gasteiger partial charge in [-0.1, -0.05) is 48.5 Å². The van der Waals surface area contributed by atoms with Gasteiger partial charge in [0.2, 0.25) is 0 Å². The maximum absolute atomic E-state index is 14.2. The van der Waals surface area contributed by atoms with E-state index in [1.165, 1.54) is 5.38 Å². The molecule has 2 amide bonds. The van der Waals surface area contributed by atoms with Crippen molar-refractivity contribution in [2.45, 2.75) is 18.4 Å². The number of halogens is 2. The number of hydrogen-bond donors (Lipinski definition) is 3. The molecule has 176 valence electrons. The summed E-state index contributed by atoms with van der Waals surface area (Å²) < 4.78 is 33.5. The van der Waals surface area contributed by atoms with Crippen LogP contribution in [0.25, 0.3) is 11.1 Å². The summed E-state index contributed by atoms with van der Waals surface area (Å²) in [7, 11) is 0. The topological polar surface area (TPSA) is 118 Å². The van der Waals surface area contributed by atoms with Gasteiger partial charge in [-0.3, -0.25) is 4.79 Å². The van der Waals surface area contributed by atoms with Crippen molar-refractivity contribution in [2.75, 3.05) is 13.2 Å². The summed E-state index contributed by atoms with van der Waals surface area (Å²) in [5, 5.41) is 14.1. The number of ether oxygens (including phenoxy) is 1. The summed E-state index contributed by atoms with van der Waals surface area (Å²) in [6, 6.07) is 15.4. The van der Waals surface area contributed by atoms with Gasteiger partial charge in [0, 0.05) is 11.3 Å². The van der Waals surface area contributed by atoms with Crippen LogP contribution in [0, 0.1) is 0 Å². The van der Waals surface area contributed by atoms with Crippen molar-refractivity contribution in [3.8, 4) is 11.1 Å². The molecule has 1 aromatic heterocycles. The van der Waals surface area contributed by atoms with E-state index in [-0.39, 0.29) is 29.8 Å². The van der Waals surface area contributed by atoms with Crippen molar-refractivity contribution >= 4 is 29.3 Å². The van der Waals surface area contributed by atoms with E-state index in [0.717, 1.165) is 33.6 Å². The van der Waals surface area contributed by atoms with Gasteiger partial charge >= 0.3 is 18.0 Å². The number of fused-ring (bicyclic) bond motifs is 3. The molecule has 0 atom stereocenters. The number of nitrogens with one attached hydrogen (secondary N) is 2. The van der Waals surface area contributed by atoms with Crippen molar-refractivity contribution in [1.29, 1.82) is 0 Å². The Morgan fingerprint density at radius 2 is 1.65 bits per heavy atom. The number of carboxylic acid groups (broad SMARTS) is 1. The average molecular weight is 487 g/mol. The van der Waals surface area contributed by atoms with Crippen molar-refractivity contribution in [2.24, 2.45) is 0 Å². The minimum atomic E-state index is -3.90. The molecule has 1 aliphatic carbocycles. The number of thiazole rings is 1. The van der Waals surface area contributed by atoms with Gasteiger partial charge in [-0.15, -0.1) is 11.3 Å². The first-order chi connectivity index (χ1) is 16.3. The number of alkyl carbamates (subject to hydrolysis) is 1. The van der Waals surface area contributed by atoms with Gasteiger partial charge in [-0.25, -0.2) is 14.6 Å². The maximum atomic E-state index is 14.2. The predicted molar refractivity (Wildman–Crippen MR) is 119 cm³/mol. The smallest absolute Gasteiger partial charge is 0.407 e. The summed E-state index contributed by atoms with van der Waals surface area (Å²) in [5.74, 6) is -7.01. The van der Waals surface area contributed by atoms with E-state index in [1.54, 1.807) is 0 Å². The molecular formula is C23H19F2N3O5S. The van der Waals surface area contributed by atoms with Crippen LogP contribution in [-0.4, -0.2) is 47.1 Å². The SMILES string of the molecule is O=C(NCC(F)(F)C(=O)NCc1nc(C(=O)O)cs1)OCC1c2ccccc2-c2ccccc21. The Bertz CT molecular complexity index is 1200. The molecular weight excluding hydrogens is 468 g/mol. The third kappa shape index (κ3) is 4.88. The first-order valence-corrected chi connectivity index (χ1v) is 11.1. The molecule has 34 heavy (non-hydrogen) atoms. The lowest BCUT2D eigenvalue weighted by Crippen LogP contribution is -2.48. The zero-order valence-electron chi connectivity index (χ0n) is 17.6. The van der Waals surface area contributed by atoms with Crippen LogP contribution >= 0.6 is 11.3 Å². The van der Waals surface area contributed by atoms with Gasteiger partial charge in [-0.05, 0) is 22.3 Å². The van der Waals surface area contributed by atoms with E-state index >= 15 is 0 Å². The van der Waals surface area contributed by atoms with Crippen molar-refractivity contribution in [3.05, 3.63) is 75.7 Å². The Morgan fingerprint density at radius 1 is 1.03 bits per heavy atom. The molecule has 0 unspecified atom stereocenters. The molecule has 2 aromatic carbocycles. The third-order valence-corrected chi connectivity index (χ3v) is 6.15. The summed E-state index contributed by atoms with van der Waals surface area (Å²) in [5.41, 5.74) is 3.79. The highest BCUT2D eigenvalue weighted by atomic mass is 32.1. The molecule has 1 heterocycles. The highest BCUT2D eigenvalue weighted by Gasteiger charge is 2.39. The molecule has 0 aliphatic heterocycles. The van der Waals surface area contributed by atoms with Crippen LogP contribution in [0.4, 0.5) is 13.6 Å². The lowest BCUT2D eigenvalue weighted by molar-refractivity contribution is -0.144. The number of alkyl halides is 2. The number of nitrogens with zero attached hydrogens (tertiary/aromatic N) is 1. The zero-order valence-corrected chi connectivity index (χ0v) is 18.4. The van der Waals surface area contributed by atoms with Gasteiger partial charge in [-0.2, -0.15) is 8.78 Å². The number of amides is 2. The quantitative estimate of drug-likeness (QED) is 0.447. The van der Waals surface area contributed by atoms with Crippen molar-refractivity contribution in [3.63, 3.8) is 0 Å². The number of hydrogen-bond acceptors (Lipinski definition) is 6. The molecule has 11 heteroatoms. The standard InChI is InChI=1S/C23H19F2N3O5S/c24-23(25,21(31)26-9-19-28-18(11-34-19)20(29)30)12-27-22(32)33-10-17-15-7-3-1-5-13(15)14-6-2-4-8-16(14)17/h1-8,11,17H,9-10,12H2,(H,26,31)(H,27,32)(H,29,30). The molecule has 0 saturated heterocycles. The lowest BCUT2D eigenvalue weighted by atomic mass is 9.98. The third-order valence-electron chi connectivity index (χ3n) is 5.30. The van der Waals surface area contributed by atoms with Gasteiger partial charge in [0.25, 0.3) is 5.91 Å². The second-order valence-electron chi connectivity index (χ2n) is 7.50. The molecule has 0 saturated carbocycles. The molecule has 3 aromatic rings. The van der Waals surface area contributed by atoms with Gasteiger partial charge in [0.1, 0.15) is 11.6 Å². The Labute approximate surface area is 196 Å². The monoisotopic (exact) mass is 487 g/mol. The number of aromatic carboxylic acids is 1. The predicted octanol–water partition coefficient (Wildman–Crippen LogP) is 3.63. The second kappa shape index (κ2) is 9.56. The second-order valence-corrected chi connectivity index (χ2v) is 8.44. The molecule has 0 radical (unpaired) electrons. The Kier molecular flexibility index (Phi) is 6.55. The zero-order chi connectivity index (χ0) is 24.3. The number of benzene rings is 2. The van der Waals surface area contributed by atoms with E-state index in [9.17, 15) is 23.2 Å². The summed E-state index contributed by atoms with van der Waals surface area (Å²) in [6.07, 6.45) is -1.07. The molecule has 8 nitrogen and oxygen atoms in total. The Morgan fingerprint density at radius 3 is 2.24 bits per heavy atom. The normalized spacial score (nSPS) is 12.5. The summed E-state index contributed by atoms with van der Waals surface area (Å²) in [6.45, 7) is -1.67. The number of carbonyl (C=O) groups is 3. The van der Waals surface area contributed by atoms with E-state index in [0.29, 0.717) is 0 Å². The van der Waals surface area contributed by atoms with E-state index < -0.39 is 30.4 Å².